The summed E-state index contributed by atoms with van der Waals surface area (Å²) in [6.07, 6.45) is 1.16. The molecule has 0 unspecified atom stereocenters. The molecule has 0 fully saturated rings. The lowest BCUT2D eigenvalue weighted by Crippen LogP contribution is -2.10. The minimum Gasteiger partial charge on any atom is -0.304 e. The Morgan fingerprint density at radius 1 is 1.67 bits per heavy atom. The van der Waals surface area contributed by atoms with Crippen LogP contribution in [-0.4, -0.2) is 18.3 Å². The van der Waals surface area contributed by atoms with E-state index in [0.717, 1.165) is 13.0 Å². The van der Waals surface area contributed by atoms with Gasteiger partial charge in [0.15, 0.2) is 0 Å². The third-order valence-electron chi connectivity index (χ3n) is 0.521. The van der Waals surface area contributed by atoms with E-state index in [1.165, 1.54) is 0 Å². The highest BCUT2D eigenvalue weighted by Crippen LogP contribution is 1.69. The zero-order valence-corrected chi connectivity index (χ0v) is 6.87. The van der Waals surface area contributed by atoms with Crippen molar-refractivity contribution >= 4 is 28.9 Å². The average Bonchev–Trinajstić information content (AvgIpc) is 1.86. The van der Waals surface area contributed by atoms with Gasteiger partial charge in [-0.3, -0.25) is 4.79 Å². The van der Waals surface area contributed by atoms with Crippen LogP contribution in [0.15, 0.2) is 0 Å². The van der Waals surface area contributed by atoms with Crippen molar-refractivity contribution < 1.29 is 4.79 Å². The molecule has 0 aromatic rings. The lowest BCUT2D eigenvalue weighted by Gasteiger charge is -1.90. The van der Waals surface area contributed by atoms with Crippen LogP contribution < -0.4 is 5.32 Å². The molecule has 0 bridgehead atoms. The Balaban J connectivity index is 0. The average molecular weight is 172 g/mol. The summed E-state index contributed by atoms with van der Waals surface area (Å²) in [7, 11) is 0. The predicted molar refractivity (Wildman–Crippen MR) is 41.6 cm³/mol. The second-order valence-electron chi connectivity index (χ2n) is 1.22. The number of hydrogen-bond acceptors (Lipinski definition) is 2. The molecule has 56 valence electrons. The smallest absolute Gasteiger partial charge is 0.208 e. The molecule has 0 aliphatic carbocycles. The Bertz CT molecular complexity index is 48.2. The van der Waals surface area contributed by atoms with Crippen LogP contribution in [0.2, 0.25) is 0 Å². The van der Waals surface area contributed by atoms with Gasteiger partial charge < -0.3 is 5.32 Å². The topological polar surface area (TPSA) is 29.1 Å². The third-order valence-corrected chi connectivity index (χ3v) is 0.710. The fourth-order valence-electron chi connectivity index (χ4n) is 0.244. The normalized spacial score (nSPS) is 7.44. The standard InChI is InChI=1S/C4H10ClN.CHClO/c1-2-3-6-4-5;2-1-3/h6H,2-4H2,1H3;1H. The van der Waals surface area contributed by atoms with Crippen LogP contribution >= 0.6 is 23.2 Å². The molecule has 0 aliphatic rings. The first kappa shape index (κ1) is 11.9. The molecule has 1 N–H and O–H groups in total. The van der Waals surface area contributed by atoms with E-state index in [9.17, 15) is 0 Å². The van der Waals surface area contributed by atoms with E-state index in [1.54, 1.807) is 0 Å². The highest BCUT2D eigenvalue weighted by Gasteiger charge is 1.72. The largest absolute Gasteiger partial charge is 0.304 e. The summed E-state index contributed by atoms with van der Waals surface area (Å²) in [5.41, 5.74) is 0. The second-order valence-corrected chi connectivity index (χ2v) is 1.67. The van der Waals surface area contributed by atoms with E-state index in [4.69, 9.17) is 16.4 Å². The van der Waals surface area contributed by atoms with Crippen LogP contribution in [-0.2, 0) is 4.79 Å². The summed E-state index contributed by atoms with van der Waals surface area (Å²) in [6.45, 7) is 3.14. The molecule has 0 spiro atoms. The number of carbonyl (C=O) groups is 1. The van der Waals surface area contributed by atoms with E-state index in [0.29, 0.717) is 6.00 Å². The predicted octanol–water partition coefficient (Wildman–Crippen LogP) is 1.60. The molecule has 0 atom stereocenters. The first-order chi connectivity index (χ1) is 4.33. The Hall–Kier alpha value is 0.210. The molecule has 0 saturated heterocycles. The van der Waals surface area contributed by atoms with Gasteiger partial charge in [-0.05, 0) is 24.6 Å². The molecule has 0 heterocycles. The molecule has 0 aliphatic heterocycles. The van der Waals surface area contributed by atoms with Crippen molar-refractivity contribution in [2.45, 2.75) is 13.3 Å². The van der Waals surface area contributed by atoms with Crippen molar-refractivity contribution in [3.05, 3.63) is 0 Å². The maximum absolute atomic E-state index is 8.57. The molecular weight excluding hydrogens is 161 g/mol. The molecule has 0 aromatic carbocycles. The van der Waals surface area contributed by atoms with Gasteiger partial charge in [-0.15, -0.1) is 11.6 Å². The molecule has 0 aromatic heterocycles. The van der Waals surface area contributed by atoms with E-state index in [-0.39, 0.29) is 5.75 Å². The van der Waals surface area contributed by atoms with Crippen molar-refractivity contribution in [3.63, 3.8) is 0 Å². The Kier molecular flexibility index (Phi) is 20.9. The minimum atomic E-state index is 0.222. The number of nitrogens with one attached hydrogen (secondary N) is 1. The van der Waals surface area contributed by atoms with Crippen LogP contribution in [0.4, 0.5) is 0 Å². The number of hydrogen-bond donors (Lipinski definition) is 1. The van der Waals surface area contributed by atoms with E-state index in [1.807, 2.05) is 0 Å². The van der Waals surface area contributed by atoms with Gasteiger partial charge in [-0.2, -0.15) is 0 Å². The molecule has 4 heteroatoms. The van der Waals surface area contributed by atoms with Crippen LogP contribution in [0.3, 0.4) is 0 Å². The first-order valence-corrected chi connectivity index (χ1v) is 3.61. The fraction of sp³-hybridized carbons (Fsp3) is 0.800. The van der Waals surface area contributed by atoms with Gasteiger partial charge in [0.2, 0.25) is 5.75 Å². The highest BCUT2D eigenvalue weighted by atomic mass is 35.5. The van der Waals surface area contributed by atoms with Gasteiger partial charge in [0.1, 0.15) is 0 Å². The van der Waals surface area contributed by atoms with E-state index < -0.39 is 0 Å². The van der Waals surface area contributed by atoms with Crippen molar-refractivity contribution in [1.82, 2.24) is 5.32 Å². The first-order valence-electron chi connectivity index (χ1n) is 2.64. The number of rotatable bonds is 3. The molecule has 0 saturated carbocycles. The van der Waals surface area contributed by atoms with Gasteiger partial charge in [-0.25, -0.2) is 0 Å². The zero-order valence-electron chi connectivity index (χ0n) is 5.36. The Morgan fingerprint density at radius 2 is 2.11 bits per heavy atom. The summed E-state index contributed by atoms with van der Waals surface area (Å²) in [4.78, 5) is 8.57. The summed E-state index contributed by atoms with van der Waals surface area (Å²) in [5, 5.41) is 2.96. The number of halogens is 2. The van der Waals surface area contributed by atoms with Crippen LogP contribution in [0.5, 0.6) is 0 Å². The molecule has 2 nitrogen and oxygen atoms in total. The van der Waals surface area contributed by atoms with Crippen LogP contribution in [0, 0.1) is 0 Å². The Labute approximate surface area is 65.5 Å². The van der Waals surface area contributed by atoms with Crippen LogP contribution in [0.1, 0.15) is 13.3 Å². The summed E-state index contributed by atoms with van der Waals surface area (Å²) in [5.74, 6) is 0.222. The third kappa shape index (κ3) is 30.7. The SMILES string of the molecule is CCCNCCl.O=CCl. The van der Waals surface area contributed by atoms with Crippen molar-refractivity contribution in [2.75, 3.05) is 12.5 Å². The number of alkyl halides is 1. The van der Waals surface area contributed by atoms with Gasteiger partial charge in [0.05, 0.1) is 6.00 Å². The zero-order chi connectivity index (χ0) is 7.54. The molecule has 9 heavy (non-hydrogen) atoms. The minimum absolute atomic E-state index is 0.222. The quantitative estimate of drug-likeness (QED) is 0.230. The van der Waals surface area contributed by atoms with Crippen molar-refractivity contribution in [2.24, 2.45) is 0 Å². The molecular formula is C5H11Cl2NO. The maximum atomic E-state index is 8.57. The highest BCUT2D eigenvalue weighted by molar-refractivity contribution is 6.54. The molecule has 0 radical (unpaired) electrons. The Morgan fingerprint density at radius 3 is 2.22 bits per heavy atom. The summed E-state index contributed by atoms with van der Waals surface area (Å²) < 4.78 is 0. The lowest BCUT2D eigenvalue weighted by molar-refractivity contribution is 0.569. The van der Waals surface area contributed by atoms with Crippen molar-refractivity contribution in [3.8, 4) is 0 Å². The number of carbonyl (C=O) groups excluding carboxylic acids is 1. The monoisotopic (exact) mass is 171 g/mol. The van der Waals surface area contributed by atoms with Crippen molar-refractivity contribution in [1.29, 1.82) is 0 Å². The van der Waals surface area contributed by atoms with E-state index >= 15 is 0 Å². The van der Waals surface area contributed by atoms with Gasteiger partial charge in [0.25, 0.3) is 0 Å². The van der Waals surface area contributed by atoms with E-state index in [2.05, 4.69) is 23.8 Å². The summed E-state index contributed by atoms with van der Waals surface area (Å²) in [6, 6.07) is 0.577. The second kappa shape index (κ2) is 15.7. The maximum Gasteiger partial charge on any atom is 0.208 e. The fourth-order valence-corrected chi connectivity index (χ4v) is 0.377. The molecule has 0 amide bonds. The lowest BCUT2D eigenvalue weighted by atomic mass is 10.5. The summed E-state index contributed by atoms with van der Waals surface area (Å²) >= 11 is 9.59. The molecule has 0 rings (SSSR count). The van der Waals surface area contributed by atoms with Gasteiger partial charge in [0, 0.05) is 0 Å². The van der Waals surface area contributed by atoms with Gasteiger partial charge in [-0.1, -0.05) is 6.92 Å². The van der Waals surface area contributed by atoms with Crippen LogP contribution in [0.25, 0.3) is 0 Å². The van der Waals surface area contributed by atoms with Gasteiger partial charge >= 0.3 is 0 Å².